The second kappa shape index (κ2) is 8.64. The van der Waals surface area contributed by atoms with Gasteiger partial charge in [-0.3, -0.25) is 4.79 Å². The Morgan fingerprint density at radius 3 is 2.73 bits per heavy atom. The third-order valence-electron chi connectivity index (χ3n) is 7.12. The number of aromatic nitrogens is 5. The van der Waals surface area contributed by atoms with Crippen LogP contribution in [-0.2, 0) is 14.3 Å². The number of amides is 1. The van der Waals surface area contributed by atoms with Crippen LogP contribution in [0.25, 0.3) is 5.82 Å². The fraction of sp³-hybridized carbons (Fsp3) is 0.545. The van der Waals surface area contributed by atoms with E-state index in [4.69, 9.17) is 4.74 Å². The fourth-order valence-corrected chi connectivity index (χ4v) is 5.07. The molecule has 2 aromatic rings. The van der Waals surface area contributed by atoms with Crippen LogP contribution in [0.5, 0.6) is 0 Å². The predicted octanol–water partition coefficient (Wildman–Crippen LogP) is 0.626. The molecule has 5 rings (SSSR count). The van der Waals surface area contributed by atoms with Crippen molar-refractivity contribution in [3.63, 3.8) is 0 Å². The quantitative estimate of drug-likeness (QED) is 0.649. The van der Waals surface area contributed by atoms with Gasteiger partial charge in [0.2, 0.25) is 5.91 Å². The molecule has 0 saturated carbocycles. The van der Waals surface area contributed by atoms with Crippen LogP contribution in [0.1, 0.15) is 44.3 Å². The molecule has 2 aromatic heterocycles. The molecule has 2 unspecified atom stereocenters. The molecule has 1 amide bonds. The van der Waals surface area contributed by atoms with Crippen molar-refractivity contribution in [2.24, 2.45) is 5.41 Å². The Kier molecular flexibility index (Phi) is 5.67. The molecule has 0 radical (unpaired) electrons. The standard InChI is InChI=1S/C22H27N7O4/c1-15-17(13-33-20(15)31)28-10-7-22(21(28)32)5-2-8-27(9-6-22)12-18(30)16-3-4-19(23-11-16)29-14-24-25-26-29/h3-4,11,14,18,30H,2,5-10,12-13H2,1H3. The van der Waals surface area contributed by atoms with Gasteiger partial charge in [-0.2, -0.15) is 4.68 Å². The van der Waals surface area contributed by atoms with Gasteiger partial charge in [0.15, 0.2) is 5.82 Å². The largest absolute Gasteiger partial charge is 0.456 e. The third-order valence-corrected chi connectivity index (χ3v) is 7.12. The Balaban J connectivity index is 1.21. The maximum absolute atomic E-state index is 13.4. The molecule has 2 atom stereocenters. The van der Waals surface area contributed by atoms with Crippen molar-refractivity contribution in [1.29, 1.82) is 0 Å². The Morgan fingerprint density at radius 1 is 1.18 bits per heavy atom. The number of hydrogen-bond donors (Lipinski definition) is 1. The molecular formula is C22H27N7O4. The van der Waals surface area contributed by atoms with Crippen molar-refractivity contribution in [1.82, 2.24) is 35.0 Å². The zero-order valence-electron chi connectivity index (χ0n) is 18.6. The van der Waals surface area contributed by atoms with Crippen molar-refractivity contribution < 1.29 is 19.4 Å². The van der Waals surface area contributed by atoms with Gasteiger partial charge >= 0.3 is 5.97 Å². The smallest absolute Gasteiger partial charge is 0.336 e. The van der Waals surface area contributed by atoms with E-state index < -0.39 is 11.5 Å². The maximum Gasteiger partial charge on any atom is 0.336 e. The number of aliphatic hydroxyl groups is 1. The topological polar surface area (TPSA) is 127 Å². The number of carbonyl (C=O) groups excluding carboxylic acids is 2. The minimum absolute atomic E-state index is 0.111. The third kappa shape index (κ3) is 4.02. The highest BCUT2D eigenvalue weighted by Crippen LogP contribution is 2.43. The first-order chi connectivity index (χ1) is 16.0. The Labute approximate surface area is 191 Å². The molecule has 174 valence electrons. The number of cyclic esters (lactones) is 1. The van der Waals surface area contributed by atoms with Crippen LogP contribution >= 0.6 is 0 Å². The lowest BCUT2D eigenvalue weighted by Gasteiger charge is -2.27. The summed E-state index contributed by atoms with van der Waals surface area (Å²) in [5, 5.41) is 21.8. The Bertz CT molecular complexity index is 1070. The number of likely N-dealkylation sites (tertiary alicyclic amines) is 2. The lowest BCUT2D eigenvalue weighted by atomic mass is 9.79. The molecule has 0 bridgehead atoms. The number of ether oxygens (including phenoxy) is 1. The zero-order chi connectivity index (χ0) is 23.0. The summed E-state index contributed by atoms with van der Waals surface area (Å²) in [6, 6.07) is 3.60. The summed E-state index contributed by atoms with van der Waals surface area (Å²) >= 11 is 0. The molecule has 1 spiro atoms. The van der Waals surface area contributed by atoms with Crippen molar-refractivity contribution >= 4 is 11.9 Å². The first kappa shape index (κ1) is 21.7. The first-order valence-electron chi connectivity index (χ1n) is 11.3. The second-order valence-corrected chi connectivity index (χ2v) is 9.01. The van der Waals surface area contributed by atoms with Crippen molar-refractivity contribution in [2.45, 2.75) is 38.7 Å². The van der Waals surface area contributed by atoms with Crippen LogP contribution in [0, 0.1) is 5.41 Å². The molecule has 11 heteroatoms. The van der Waals surface area contributed by atoms with Gasteiger partial charge in [0.1, 0.15) is 12.9 Å². The highest BCUT2D eigenvalue weighted by atomic mass is 16.5. The van der Waals surface area contributed by atoms with Crippen molar-refractivity contribution in [2.75, 3.05) is 32.8 Å². The summed E-state index contributed by atoms with van der Waals surface area (Å²) in [5.74, 6) is 0.358. The van der Waals surface area contributed by atoms with Crippen LogP contribution < -0.4 is 0 Å². The maximum atomic E-state index is 13.4. The Hall–Kier alpha value is -3.18. The second-order valence-electron chi connectivity index (χ2n) is 9.01. The minimum Gasteiger partial charge on any atom is -0.456 e. The average molecular weight is 454 g/mol. The van der Waals surface area contributed by atoms with E-state index in [1.165, 1.54) is 11.0 Å². The Morgan fingerprint density at radius 2 is 2.03 bits per heavy atom. The van der Waals surface area contributed by atoms with E-state index in [9.17, 15) is 14.7 Å². The molecular weight excluding hydrogens is 426 g/mol. The van der Waals surface area contributed by atoms with E-state index in [1.54, 1.807) is 24.1 Å². The monoisotopic (exact) mass is 453 g/mol. The van der Waals surface area contributed by atoms with Crippen LogP contribution in [0.4, 0.5) is 0 Å². The molecule has 11 nitrogen and oxygen atoms in total. The molecule has 2 saturated heterocycles. The van der Waals surface area contributed by atoms with Crippen LogP contribution in [0.3, 0.4) is 0 Å². The molecule has 3 aliphatic rings. The summed E-state index contributed by atoms with van der Waals surface area (Å²) in [6.45, 7) is 4.58. The van der Waals surface area contributed by atoms with Crippen LogP contribution in [-0.4, -0.2) is 84.8 Å². The number of esters is 1. The fourth-order valence-electron chi connectivity index (χ4n) is 5.07. The average Bonchev–Trinajstić information content (AvgIpc) is 3.50. The van der Waals surface area contributed by atoms with Crippen LogP contribution in [0.2, 0.25) is 0 Å². The molecule has 33 heavy (non-hydrogen) atoms. The minimum atomic E-state index is -0.681. The number of aliphatic hydroxyl groups excluding tert-OH is 1. The van der Waals surface area contributed by atoms with Gasteiger partial charge in [0.25, 0.3) is 0 Å². The van der Waals surface area contributed by atoms with Crippen LogP contribution in [0.15, 0.2) is 35.9 Å². The summed E-state index contributed by atoms with van der Waals surface area (Å²) in [4.78, 5) is 33.5. The van der Waals surface area contributed by atoms with E-state index in [0.717, 1.165) is 50.0 Å². The normalized spacial score (nSPS) is 25.1. The first-order valence-corrected chi connectivity index (χ1v) is 11.3. The number of carbonyl (C=O) groups is 2. The highest BCUT2D eigenvalue weighted by molar-refractivity contribution is 5.94. The van der Waals surface area contributed by atoms with E-state index in [2.05, 4.69) is 25.4 Å². The molecule has 3 aliphatic heterocycles. The molecule has 0 aliphatic carbocycles. The van der Waals surface area contributed by atoms with Gasteiger partial charge in [-0.05, 0) is 62.2 Å². The summed E-state index contributed by atoms with van der Waals surface area (Å²) in [5.41, 5.74) is 1.59. The lowest BCUT2D eigenvalue weighted by molar-refractivity contribution is -0.137. The van der Waals surface area contributed by atoms with Crippen molar-refractivity contribution in [3.05, 3.63) is 41.5 Å². The van der Waals surface area contributed by atoms with Crippen molar-refractivity contribution in [3.8, 4) is 5.82 Å². The SMILES string of the molecule is CC1=C(N2CCC3(CCCN(CC(O)c4ccc(-n5cnnn5)nc4)CC3)C2=O)COC1=O. The predicted molar refractivity (Wildman–Crippen MR) is 115 cm³/mol. The summed E-state index contributed by atoms with van der Waals surface area (Å²) < 4.78 is 6.57. The summed E-state index contributed by atoms with van der Waals surface area (Å²) in [6.07, 6.45) is 5.66. The van der Waals surface area contributed by atoms with E-state index in [-0.39, 0.29) is 18.5 Å². The van der Waals surface area contributed by atoms with E-state index in [1.807, 2.05) is 6.07 Å². The van der Waals surface area contributed by atoms with Gasteiger partial charge in [-0.25, -0.2) is 9.78 Å². The number of nitrogens with zero attached hydrogens (tertiary/aromatic N) is 7. The number of β-amino-alcohol motifs (C(OH)–C–C–N with tert-alkyl or cyclic N) is 1. The van der Waals surface area contributed by atoms with Gasteiger partial charge in [-0.15, -0.1) is 5.10 Å². The van der Waals surface area contributed by atoms with Gasteiger partial charge in [0, 0.05) is 24.8 Å². The molecule has 2 fully saturated rings. The number of tetrazole rings is 1. The number of hydrogen-bond acceptors (Lipinski definition) is 9. The lowest BCUT2D eigenvalue weighted by Crippen LogP contribution is -2.36. The molecule has 0 aromatic carbocycles. The number of rotatable bonds is 5. The van der Waals surface area contributed by atoms with E-state index in [0.29, 0.717) is 24.5 Å². The van der Waals surface area contributed by atoms with Gasteiger partial charge in [-0.1, -0.05) is 6.07 Å². The summed E-state index contributed by atoms with van der Waals surface area (Å²) in [7, 11) is 0. The molecule has 1 N–H and O–H groups in total. The zero-order valence-corrected chi connectivity index (χ0v) is 18.6. The molecule has 5 heterocycles. The highest BCUT2D eigenvalue weighted by Gasteiger charge is 2.49. The van der Waals surface area contributed by atoms with Gasteiger partial charge in [0.05, 0.1) is 22.8 Å². The number of pyridine rings is 1. The van der Waals surface area contributed by atoms with E-state index >= 15 is 0 Å². The van der Waals surface area contributed by atoms with Gasteiger partial charge < -0.3 is 19.6 Å².